The summed E-state index contributed by atoms with van der Waals surface area (Å²) in [4.78, 5) is 23.1. The van der Waals surface area contributed by atoms with Gasteiger partial charge < -0.3 is 0 Å². The predicted octanol–water partition coefficient (Wildman–Crippen LogP) is 4.31. The molecule has 17 heavy (non-hydrogen) atoms. The molecule has 100 valence electrons. The molecule has 0 saturated heterocycles. The molecule has 2 heteroatoms. The van der Waals surface area contributed by atoms with E-state index in [1.54, 1.807) is 0 Å². The SMILES string of the molecule is CCCCCCC(=O)CC(=O)CCC(C)(C)C. The Morgan fingerprint density at radius 3 is 2.00 bits per heavy atom. The maximum absolute atomic E-state index is 11.6. The first-order valence-corrected chi connectivity index (χ1v) is 6.88. The largest absolute Gasteiger partial charge is 0.299 e. The Balaban J connectivity index is 3.63. The van der Waals surface area contributed by atoms with Crippen molar-refractivity contribution in [3.05, 3.63) is 0 Å². The zero-order valence-corrected chi connectivity index (χ0v) is 12.0. The summed E-state index contributed by atoms with van der Waals surface area (Å²) in [6, 6.07) is 0. The van der Waals surface area contributed by atoms with Gasteiger partial charge in [0.1, 0.15) is 11.6 Å². The van der Waals surface area contributed by atoms with Crippen molar-refractivity contribution in [3.8, 4) is 0 Å². The summed E-state index contributed by atoms with van der Waals surface area (Å²) in [7, 11) is 0. The van der Waals surface area contributed by atoms with Crippen molar-refractivity contribution >= 4 is 11.6 Å². The second-order valence-electron chi connectivity index (χ2n) is 6.13. The van der Waals surface area contributed by atoms with E-state index in [4.69, 9.17) is 0 Å². The molecule has 0 aromatic carbocycles. The highest BCUT2D eigenvalue weighted by Crippen LogP contribution is 2.21. The number of rotatable bonds is 9. The van der Waals surface area contributed by atoms with Gasteiger partial charge >= 0.3 is 0 Å². The zero-order valence-electron chi connectivity index (χ0n) is 12.0. The van der Waals surface area contributed by atoms with Crippen LogP contribution in [0.3, 0.4) is 0 Å². The van der Waals surface area contributed by atoms with Crippen LogP contribution in [0.25, 0.3) is 0 Å². The minimum Gasteiger partial charge on any atom is -0.299 e. The van der Waals surface area contributed by atoms with E-state index < -0.39 is 0 Å². The molecule has 0 atom stereocenters. The summed E-state index contributed by atoms with van der Waals surface area (Å²) in [6.07, 6.45) is 6.57. The highest BCUT2D eigenvalue weighted by molar-refractivity contribution is 5.98. The quantitative estimate of drug-likeness (QED) is 0.444. The van der Waals surface area contributed by atoms with E-state index in [1.165, 1.54) is 12.8 Å². The Kier molecular flexibility index (Phi) is 8.11. The molecule has 0 heterocycles. The van der Waals surface area contributed by atoms with Crippen LogP contribution in [0, 0.1) is 5.41 Å². The lowest BCUT2D eigenvalue weighted by atomic mass is 9.89. The fraction of sp³-hybridized carbons (Fsp3) is 0.867. The highest BCUT2D eigenvalue weighted by atomic mass is 16.1. The summed E-state index contributed by atoms with van der Waals surface area (Å²) < 4.78 is 0. The molecule has 0 radical (unpaired) electrons. The minimum atomic E-state index is 0.111. The van der Waals surface area contributed by atoms with Crippen LogP contribution in [0.4, 0.5) is 0 Å². The first-order chi connectivity index (χ1) is 7.85. The Morgan fingerprint density at radius 1 is 0.882 bits per heavy atom. The van der Waals surface area contributed by atoms with Gasteiger partial charge in [-0.15, -0.1) is 0 Å². The van der Waals surface area contributed by atoms with Crippen LogP contribution in [0.1, 0.15) is 79.1 Å². The fourth-order valence-corrected chi connectivity index (χ4v) is 1.66. The van der Waals surface area contributed by atoms with E-state index in [-0.39, 0.29) is 23.4 Å². The summed E-state index contributed by atoms with van der Waals surface area (Å²) in [5.41, 5.74) is 0.180. The zero-order chi connectivity index (χ0) is 13.3. The minimum absolute atomic E-state index is 0.111. The second-order valence-corrected chi connectivity index (χ2v) is 6.13. The van der Waals surface area contributed by atoms with Crippen LogP contribution in [0.2, 0.25) is 0 Å². The summed E-state index contributed by atoms with van der Waals surface area (Å²) in [5, 5.41) is 0. The van der Waals surface area contributed by atoms with E-state index in [1.807, 2.05) is 0 Å². The molecule has 0 aliphatic carbocycles. The van der Waals surface area contributed by atoms with Crippen molar-refractivity contribution in [3.63, 3.8) is 0 Å². The molecule has 0 aliphatic heterocycles. The number of Topliss-reactive ketones (excluding diaryl/α,β-unsaturated/α-hetero) is 2. The number of hydrogen-bond acceptors (Lipinski definition) is 2. The van der Waals surface area contributed by atoms with Crippen molar-refractivity contribution in [2.24, 2.45) is 5.41 Å². The van der Waals surface area contributed by atoms with E-state index in [0.717, 1.165) is 19.3 Å². The average Bonchev–Trinajstić information content (AvgIpc) is 2.21. The van der Waals surface area contributed by atoms with Crippen molar-refractivity contribution in [2.45, 2.75) is 79.1 Å². The Labute approximate surface area is 106 Å². The molecule has 0 aliphatic rings. The Hall–Kier alpha value is -0.660. The molecule has 0 fully saturated rings. The molecule has 0 spiro atoms. The third-order valence-electron chi connectivity index (χ3n) is 2.86. The van der Waals surface area contributed by atoms with Crippen LogP contribution < -0.4 is 0 Å². The molecule has 0 saturated carbocycles. The summed E-state index contributed by atoms with van der Waals surface area (Å²) in [6.45, 7) is 8.50. The average molecular weight is 240 g/mol. The second kappa shape index (κ2) is 8.43. The Bertz CT molecular complexity index is 236. The monoisotopic (exact) mass is 240 g/mol. The third kappa shape index (κ3) is 11.6. The molecule has 0 aromatic rings. The van der Waals surface area contributed by atoms with Gasteiger partial charge in [0.05, 0.1) is 6.42 Å². The maximum Gasteiger partial charge on any atom is 0.140 e. The van der Waals surface area contributed by atoms with Crippen LogP contribution >= 0.6 is 0 Å². The Morgan fingerprint density at radius 2 is 1.47 bits per heavy atom. The van der Waals surface area contributed by atoms with Crippen molar-refractivity contribution in [2.75, 3.05) is 0 Å². The molecule has 2 nitrogen and oxygen atoms in total. The van der Waals surface area contributed by atoms with Gasteiger partial charge in [0.15, 0.2) is 0 Å². The third-order valence-corrected chi connectivity index (χ3v) is 2.86. The van der Waals surface area contributed by atoms with E-state index in [2.05, 4.69) is 27.7 Å². The van der Waals surface area contributed by atoms with Crippen LogP contribution in [-0.4, -0.2) is 11.6 Å². The number of ketones is 2. The molecule has 0 aromatic heterocycles. The molecule has 0 bridgehead atoms. The smallest absolute Gasteiger partial charge is 0.140 e. The molecule has 0 N–H and O–H groups in total. The lowest BCUT2D eigenvalue weighted by molar-refractivity contribution is -0.127. The van der Waals surface area contributed by atoms with Gasteiger partial charge in [0.25, 0.3) is 0 Å². The van der Waals surface area contributed by atoms with Crippen molar-refractivity contribution in [1.29, 1.82) is 0 Å². The molecule has 0 unspecified atom stereocenters. The van der Waals surface area contributed by atoms with Gasteiger partial charge in [0, 0.05) is 12.8 Å². The number of unbranched alkanes of at least 4 members (excludes halogenated alkanes) is 3. The van der Waals surface area contributed by atoms with E-state index in [9.17, 15) is 9.59 Å². The first-order valence-electron chi connectivity index (χ1n) is 6.88. The van der Waals surface area contributed by atoms with Gasteiger partial charge in [-0.1, -0.05) is 47.0 Å². The van der Waals surface area contributed by atoms with Gasteiger partial charge in [-0.05, 0) is 18.3 Å². The highest BCUT2D eigenvalue weighted by Gasteiger charge is 2.14. The summed E-state index contributed by atoms with van der Waals surface area (Å²) in [5.74, 6) is 0.237. The lowest BCUT2D eigenvalue weighted by Gasteiger charge is -2.16. The fourth-order valence-electron chi connectivity index (χ4n) is 1.66. The number of hydrogen-bond donors (Lipinski definition) is 0. The number of carbonyl (C=O) groups is 2. The van der Waals surface area contributed by atoms with Gasteiger partial charge in [-0.25, -0.2) is 0 Å². The van der Waals surface area contributed by atoms with Crippen LogP contribution in [-0.2, 0) is 9.59 Å². The van der Waals surface area contributed by atoms with Crippen LogP contribution in [0.15, 0.2) is 0 Å². The maximum atomic E-state index is 11.6. The van der Waals surface area contributed by atoms with E-state index >= 15 is 0 Å². The van der Waals surface area contributed by atoms with Gasteiger partial charge in [-0.3, -0.25) is 9.59 Å². The molecule has 0 rings (SSSR count). The molecular formula is C15H28O2. The standard InChI is InChI=1S/C15H28O2/c1-5-6-7-8-9-13(16)12-14(17)10-11-15(2,3)4/h5-12H2,1-4H3. The van der Waals surface area contributed by atoms with E-state index in [0.29, 0.717) is 12.8 Å². The number of carbonyl (C=O) groups excluding carboxylic acids is 2. The van der Waals surface area contributed by atoms with Gasteiger partial charge in [-0.2, -0.15) is 0 Å². The molecule has 0 amide bonds. The normalized spacial score (nSPS) is 11.5. The molecular weight excluding hydrogens is 212 g/mol. The van der Waals surface area contributed by atoms with Crippen molar-refractivity contribution < 1.29 is 9.59 Å². The first kappa shape index (κ1) is 16.3. The van der Waals surface area contributed by atoms with Gasteiger partial charge in [0.2, 0.25) is 0 Å². The summed E-state index contributed by atoms with van der Waals surface area (Å²) >= 11 is 0. The van der Waals surface area contributed by atoms with Crippen LogP contribution in [0.5, 0.6) is 0 Å². The van der Waals surface area contributed by atoms with Crippen molar-refractivity contribution in [1.82, 2.24) is 0 Å². The lowest BCUT2D eigenvalue weighted by Crippen LogP contribution is -2.12. The topological polar surface area (TPSA) is 34.1 Å². The predicted molar refractivity (Wildman–Crippen MR) is 72.1 cm³/mol.